The summed E-state index contributed by atoms with van der Waals surface area (Å²) in [6.07, 6.45) is 0. The first-order valence-corrected chi connectivity index (χ1v) is 5.22. The van der Waals surface area contributed by atoms with Crippen molar-refractivity contribution in [1.82, 2.24) is 0 Å². The molecule has 16 heavy (non-hydrogen) atoms. The number of hydrogen-bond donors (Lipinski definition) is 1. The lowest BCUT2D eigenvalue weighted by Gasteiger charge is -2.11. The summed E-state index contributed by atoms with van der Waals surface area (Å²) in [6, 6.07) is 10.8. The van der Waals surface area contributed by atoms with Gasteiger partial charge in [0.25, 0.3) is 0 Å². The Bertz CT molecular complexity index is 483. The number of nitrogen functional groups attached to an aromatic ring is 1. The quantitative estimate of drug-likeness (QED) is 0.721. The molecule has 0 atom stereocenters. The standard InChI is InChI=1S/C14H14FN/c1-9-11(5-3-7-13(9)15)12-6-4-8-14(16)10(12)2/h3-8H,16H2,1-2H3. The fourth-order valence-corrected chi connectivity index (χ4v) is 1.84. The summed E-state index contributed by atoms with van der Waals surface area (Å²) < 4.78 is 13.5. The van der Waals surface area contributed by atoms with Gasteiger partial charge in [0.2, 0.25) is 0 Å². The minimum atomic E-state index is -0.181. The second-order valence-corrected chi connectivity index (χ2v) is 3.93. The topological polar surface area (TPSA) is 26.0 Å². The van der Waals surface area contributed by atoms with Crippen LogP contribution in [0.15, 0.2) is 36.4 Å². The van der Waals surface area contributed by atoms with E-state index in [1.165, 1.54) is 6.07 Å². The van der Waals surface area contributed by atoms with Crippen molar-refractivity contribution in [1.29, 1.82) is 0 Å². The molecule has 1 nitrogen and oxygen atoms in total. The Morgan fingerprint density at radius 2 is 1.44 bits per heavy atom. The Kier molecular flexibility index (Phi) is 2.65. The van der Waals surface area contributed by atoms with Crippen molar-refractivity contribution in [2.24, 2.45) is 0 Å². The summed E-state index contributed by atoms with van der Waals surface area (Å²) >= 11 is 0. The number of hydrogen-bond acceptors (Lipinski definition) is 1. The van der Waals surface area contributed by atoms with E-state index in [0.29, 0.717) is 5.56 Å². The highest BCUT2D eigenvalue weighted by Gasteiger charge is 2.09. The number of benzene rings is 2. The molecular weight excluding hydrogens is 201 g/mol. The summed E-state index contributed by atoms with van der Waals surface area (Å²) in [5.74, 6) is -0.181. The largest absolute Gasteiger partial charge is 0.398 e. The van der Waals surface area contributed by atoms with Crippen LogP contribution >= 0.6 is 0 Å². The molecule has 2 heteroatoms. The van der Waals surface area contributed by atoms with Gasteiger partial charge in [-0.1, -0.05) is 24.3 Å². The first kappa shape index (κ1) is 10.7. The molecule has 0 aliphatic carbocycles. The lowest BCUT2D eigenvalue weighted by molar-refractivity contribution is 0.619. The molecule has 82 valence electrons. The lowest BCUT2D eigenvalue weighted by atomic mass is 9.95. The molecule has 0 saturated carbocycles. The van der Waals surface area contributed by atoms with Crippen LogP contribution in [0.25, 0.3) is 11.1 Å². The predicted molar refractivity (Wildman–Crippen MR) is 65.7 cm³/mol. The van der Waals surface area contributed by atoms with E-state index in [9.17, 15) is 4.39 Å². The van der Waals surface area contributed by atoms with Gasteiger partial charge in [-0.15, -0.1) is 0 Å². The highest BCUT2D eigenvalue weighted by Crippen LogP contribution is 2.30. The fourth-order valence-electron chi connectivity index (χ4n) is 1.84. The fraction of sp³-hybridized carbons (Fsp3) is 0.143. The van der Waals surface area contributed by atoms with Gasteiger partial charge in [-0.3, -0.25) is 0 Å². The maximum atomic E-state index is 13.5. The van der Waals surface area contributed by atoms with Crippen LogP contribution in [0, 0.1) is 19.7 Å². The summed E-state index contributed by atoms with van der Waals surface area (Å²) in [5, 5.41) is 0. The van der Waals surface area contributed by atoms with Crippen molar-refractivity contribution in [3.63, 3.8) is 0 Å². The molecule has 0 amide bonds. The van der Waals surface area contributed by atoms with Crippen LogP contribution < -0.4 is 5.73 Å². The molecule has 0 heterocycles. The minimum absolute atomic E-state index is 0.181. The van der Waals surface area contributed by atoms with Crippen molar-refractivity contribution in [3.05, 3.63) is 53.3 Å². The first-order chi connectivity index (χ1) is 7.61. The molecule has 2 rings (SSSR count). The van der Waals surface area contributed by atoms with Crippen molar-refractivity contribution in [2.45, 2.75) is 13.8 Å². The normalized spacial score (nSPS) is 10.4. The summed E-state index contributed by atoms with van der Waals surface area (Å²) in [7, 11) is 0. The van der Waals surface area contributed by atoms with Gasteiger partial charge in [0, 0.05) is 5.69 Å². The van der Waals surface area contributed by atoms with Crippen LogP contribution in [0.3, 0.4) is 0 Å². The smallest absolute Gasteiger partial charge is 0.126 e. The van der Waals surface area contributed by atoms with Crippen LogP contribution in [0.2, 0.25) is 0 Å². The lowest BCUT2D eigenvalue weighted by Crippen LogP contribution is -1.94. The van der Waals surface area contributed by atoms with E-state index in [1.807, 2.05) is 31.2 Å². The Morgan fingerprint density at radius 3 is 2.12 bits per heavy atom. The number of anilines is 1. The van der Waals surface area contributed by atoms with Crippen LogP contribution in [0.5, 0.6) is 0 Å². The van der Waals surface area contributed by atoms with E-state index in [-0.39, 0.29) is 5.82 Å². The third-order valence-corrected chi connectivity index (χ3v) is 2.93. The zero-order valence-electron chi connectivity index (χ0n) is 9.42. The number of halogens is 1. The van der Waals surface area contributed by atoms with Crippen molar-refractivity contribution in [2.75, 3.05) is 5.73 Å². The summed E-state index contributed by atoms with van der Waals surface area (Å²) in [6.45, 7) is 3.74. The molecule has 0 aliphatic rings. The zero-order valence-corrected chi connectivity index (χ0v) is 9.42. The molecule has 0 saturated heterocycles. The highest BCUT2D eigenvalue weighted by molar-refractivity contribution is 5.74. The minimum Gasteiger partial charge on any atom is -0.398 e. The molecule has 2 aromatic carbocycles. The Morgan fingerprint density at radius 1 is 0.875 bits per heavy atom. The molecule has 0 radical (unpaired) electrons. The zero-order chi connectivity index (χ0) is 11.7. The van der Waals surface area contributed by atoms with Crippen LogP contribution in [-0.2, 0) is 0 Å². The summed E-state index contributed by atoms with van der Waals surface area (Å²) in [5.41, 5.74) is 10.2. The van der Waals surface area contributed by atoms with Gasteiger partial charge in [0.05, 0.1) is 0 Å². The monoisotopic (exact) mass is 215 g/mol. The van der Waals surface area contributed by atoms with Gasteiger partial charge in [-0.05, 0) is 48.2 Å². The van der Waals surface area contributed by atoms with Gasteiger partial charge in [-0.2, -0.15) is 0 Å². The van der Waals surface area contributed by atoms with Crippen molar-refractivity contribution in [3.8, 4) is 11.1 Å². The SMILES string of the molecule is Cc1c(N)cccc1-c1cccc(F)c1C. The maximum absolute atomic E-state index is 13.5. The van der Waals surface area contributed by atoms with Gasteiger partial charge in [0.1, 0.15) is 5.82 Å². The van der Waals surface area contributed by atoms with E-state index in [2.05, 4.69) is 0 Å². The third-order valence-electron chi connectivity index (χ3n) is 2.93. The van der Waals surface area contributed by atoms with E-state index >= 15 is 0 Å². The Balaban J connectivity index is 2.68. The van der Waals surface area contributed by atoms with Gasteiger partial charge in [-0.25, -0.2) is 4.39 Å². The second kappa shape index (κ2) is 3.97. The van der Waals surface area contributed by atoms with Crippen LogP contribution in [0.1, 0.15) is 11.1 Å². The molecule has 0 fully saturated rings. The highest BCUT2D eigenvalue weighted by atomic mass is 19.1. The number of rotatable bonds is 1. The molecule has 0 spiro atoms. The molecule has 0 unspecified atom stereocenters. The Hall–Kier alpha value is -1.83. The second-order valence-electron chi connectivity index (χ2n) is 3.93. The predicted octanol–water partition coefficient (Wildman–Crippen LogP) is 3.69. The molecule has 2 aromatic rings. The molecule has 0 bridgehead atoms. The Labute approximate surface area is 94.7 Å². The van der Waals surface area contributed by atoms with Crippen LogP contribution in [-0.4, -0.2) is 0 Å². The van der Waals surface area contributed by atoms with E-state index < -0.39 is 0 Å². The molecule has 0 aliphatic heterocycles. The summed E-state index contributed by atoms with van der Waals surface area (Å²) in [4.78, 5) is 0. The van der Waals surface area contributed by atoms with Crippen molar-refractivity contribution >= 4 is 5.69 Å². The molecular formula is C14H14FN. The van der Waals surface area contributed by atoms with E-state index in [0.717, 1.165) is 22.4 Å². The third kappa shape index (κ3) is 1.67. The average molecular weight is 215 g/mol. The van der Waals surface area contributed by atoms with Crippen molar-refractivity contribution < 1.29 is 4.39 Å². The molecule has 2 N–H and O–H groups in total. The average Bonchev–Trinajstić information content (AvgIpc) is 2.27. The molecule has 0 aromatic heterocycles. The van der Waals surface area contributed by atoms with Crippen LogP contribution in [0.4, 0.5) is 10.1 Å². The first-order valence-electron chi connectivity index (χ1n) is 5.22. The van der Waals surface area contributed by atoms with Gasteiger partial charge >= 0.3 is 0 Å². The number of nitrogens with two attached hydrogens (primary N) is 1. The van der Waals surface area contributed by atoms with E-state index in [4.69, 9.17) is 5.73 Å². The van der Waals surface area contributed by atoms with E-state index in [1.54, 1.807) is 13.0 Å². The van der Waals surface area contributed by atoms with Gasteiger partial charge in [0.15, 0.2) is 0 Å². The maximum Gasteiger partial charge on any atom is 0.126 e. The van der Waals surface area contributed by atoms with Gasteiger partial charge < -0.3 is 5.73 Å².